The van der Waals surface area contributed by atoms with E-state index in [2.05, 4.69) is 21.7 Å². The van der Waals surface area contributed by atoms with Crippen molar-refractivity contribution in [3.63, 3.8) is 0 Å². The zero-order valence-corrected chi connectivity index (χ0v) is 14.1. The number of carbonyl (C=O) groups is 1. The van der Waals surface area contributed by atoms with Crippen LogP contribution in [0, 0.1) is 0 Å². The van der Waals surface area contributed by atoms with Crippen molar-refractivity contribution >= 4 is 23.1 Å². The van der Waals surface area contributed by atoms with E-state index < -0.39 is 0 Å². The number of nitrogens with one attached hydrogen (secondary N) is 1. The van der Waals surface area contributed by atoms with Crippen LogP contribution in [0.15, 0.2) is 72.4 Å². The Hall–Kier alpha value is -2.66. The van der Waals surface area contributed by atoms with Crippen LogP contribution >= 0.6 is 11.3 Å². The van der Waals surface area contributed by atoms with E-state index in [1.54, 1.807) is 23.7 Å². The van der Waals surface area contributed by atoms with Crippen molar-refractivity contribution in [3.8, 4) is 0 Å². The number of carbonyl (C=O) groups excluding carboxylic acids is 1. The van der Waals surface area contributed by atoms with Crippen LogP contribution in [0.5, 0.6) is 0 Å². The van der Waals surface area contributed by atoms with E-state index in [4.69, 9.17) is 0 Å². The van der Waals surface area contributed by atoms with Crippen molar-refractivity contribution in [2.75, 3.05) is 11.9 Å². The van der Waals surface area contributed by atoms with Crippen molar-refractivity contribution in [1.82, 2.24) is 9.88 Å². The lowest BCUT2D eigenvalue weighted by atomic mass is 10.2. The first-order chi connectivity index (χ1) is 11.8. The molecule has 0 aliphatic rings. The van der Waals surface area contributed by atoms with Crippen LogP contribution in [-0.2, 0) is 13.0 Å². The fourth-order valence-corrected chi connectivity index (χ4v) is 3.09. The van der Waals surface area contributed by atoms with Gasteiger partial charge in [0.1, 0.15) is 0 Å². The van der Waals surface area contributed by atoms with Crippen LogP contribution in [0.3, 0.4) is 0 Å². The van der Waals surface area contributed by atoms with E-state index in [0.29, 0.717) is 13.1 Å². The van der Waals surface area contributed by atoms with Gasteiger partial charge in [0, 0.05) is 36.0 Å². The van der Waals surface area contributed by atoms with Gasteiger partial charge in [-0.15, -0.1) is 11.3 Å². The quantitative estimate of drug-likeness (QED) is 0.724. The molecule has 4 nitrogen and oxygen atoms in total. The number of thiophene rings is 1. The molecular weight excluding hydrogens is 318 g/mol. The fraction of sp³-hybridized carbons (Fsp3) is 0.158. The molecule has 0 saturated carbocycles. The number of anilines is 1. The normalized spacial score (nSPS) is 10.3. The second-order valence-electron chi connectivity index (χ2n) is 5.41. The molecule has 122 valence electrons. The molecular formula is C19H19N3OS. The smallest absolute Gasteiger partial charge is 0.320 e. The molecule has 1 aromatic carbocycles. The molecule has 0 spiro atoms. The largest absolute Gasteiger partial charge is 0.322 e. The Bertz CT molecular complexity index is 745. The third-order valence-electron chi connectivity index (χ3n) is 3.62. The number of benzene rings is 1. The zero-order valence-electron chi connectivity index (χ0n) is 13.3. The molecule has 0 radical (unpaired) electrons. The van der Waals surface area contributed by atoms with E-state index in [9.17, 15) is 4.79 Å². The minimum Gasteiger partial charge on any atom is -0.320 e. The molecule has 2 aromatic heterocycles. The third-order valence-corrected chi connectivity index (χ3v) is 4.55. The minimum absolute atomic E-state index is 0.0957. The van der Waals surface area contributed by atoms with Crippen molar-refractivity contribution in [1.29, 1.82) is 0 Å². The van der Waals surface area contributed by atoms with Gasteiger partial charge in [-0.3, -0.25) is 4.98 Å². The fourth-order valence-electron chi connectivity index (χ4n) is 2.39. The summed E-state index contributed by atoms with van der Waals surface area (Å²) in [5.41, 5.74) is 1.82. The van der Waals surface area contributed by atoms with Gasteiger partial charge in [-0.1, -0.05) is 30.3 Å². The van der Waals surface area contributed by atoms with Gasteiger partial charge < -0.3 is 10.2 Å². The van der Waals surface area contributed by atoms with Crippen LogP contribution < -0.4 is 5.32 Å². The molecule has 3 rings (SSSR count). The summed E-state index contributed by atoms with van der Waals surface area (Å²) < 4.78 is 0. The highest BCUT2D eigenvalue weighted by Gasteiger charge is 2.14. The van der Waals surface area contributed by atoms with E-state index in [1.807, 2.05) is 53.4 Å². The lowest BCUT2D eigenvalue weighted by Gasteiger charge is -2.23. The molecule has 3 aromatic rings. The van der Waals surface area contributed by atoms with E-state index in [0.717, 1.165) is 17.7 Å². The maximum absolute atomic E-state index is 12.7. The molecule has 0 bridgehead atoms. The van der Waals surface area contributed by atoms with Crippen molar-refractivity contribution in [3.05, 3.63) is 82.8 Å². The van der Waals surface area contributed by atoms with E-state index >= 15 is 0 Å². The van der Waals surface area contributed by atoms with Crippen molar-refractivity contribution < 1.29 is 4.79 Å². The minimum atomic E-state index is -0.0957. The van der Waals surface area contributed by atoms with Gasteiger partial charge >= 0.3 is 6.03 Å². The topological polar surface area (TPSA) is 45.2 Å². The second-order valence-corrected chi connectivity index (χ2v) is 6.44. The highest BCUT2D eigenvalue weighted by atomic mass is 32.1. The van der Waals surface area contributed by atoms with Gasteiger partial charge in [0.25, 0.3) is 0 Å². The Morgan fingerprint density at radius 1 is 1.08 bits per heavy atom. The van der Waals surface area contributed by atoms with Crippen LogP contribution in [-0.4, -0.2) is 22.5 Å². The summed E-state index contributed by atoms with van der Waals surface area (Å²) in [6.45, 7) is 1.20. The van der Waals surface area contributed by atoms with Gasteiger partial charge in [-0.2, -0.15) is 0 Å². The monoisotopic (exact) mass is 337 g/mol. The number of urea groups is 1. The summed E-state index contributed by atoms with van der Waals surface area (Å²) in [7, 11) is 0. The predicted octanol–water partition coefficient (Wildman–Crippen LogP) is 4.42. The highest BCUT2D eigenvalue weighted by molar-refractivity contribution is 7.09. The van der Waals surface area contributed by atoms with E-state index in [-0.39, 0.29) is 6.03 Å². The summed E-state index contributed by atoms with van der Waals surface area (Å²) in [5.74, 6) is 0. The first kappa shape index (κ1) is 16.2. The average molecular weight is 337 g/mol. The Morgan fingerprint density at radius 3 is 2.67 bits per heavy atom. The lowest BCUT2D eigenvalue weighted by Crippen LogP contribution is -2.36. The maximum Gasteiger partial charge on any atom is 0.322 e. The number of aromatic nitrogens is 1. The predicted molar refractivity (Wildman–Crippen MR) is 98.1 cm³/mol. The zero-order chi connectivity index (χ0) is 16.6. The highest BCUT2D eigenvalue weighted by Crippen LogP contribution is 2.13. The number of nitrogens with zero attached hydrogens (tertiary/aromatic N) is 2. The standard InChI is InChI=1S/C19H19N3OS/c23-19(21-17-7-2-1-3-8-17)22(12-10-18-9-5-13-24-18)15-16-6-4-11-20-14-16/h1-9,11,13-14H,10,12,15H2,(H,21,23). The van der Waals surface area contributed by atoms with Crippen LogP contribution in [0.4, 0.5) is 10.5 Å². The molecule has 0 atom stereocenters. The summed E-state index contributed by atoms with van der Waals surface area (Å²) in [5, 5.41) is 5.02. The molecule has 1 N–H and O–H groups in total. The van der Waals surface area contributed by atoms with E-state index in [1.165, 1.54) is 4.88 Å². The number of amides is 2. The Balaban J connectivity index is 1.69. The maximum atomic E-state index is 12.7. The molecule has 0 saturated heterocycles. The molecule has 2 amide bonds. The van der Waals surface area contributed by atoms with Crippen molar-refractivity contribution in [2.24, 2.45) is 0 Å². The van der Waals surface area contributed by atoms with Gasteiger partial charge in [0.2, 0.25) is 0 Å². The first-order valence-electron chi connectivity index (χ1n) is 7.83. The molecule has 24 heavy (non-hydrogen) atoms. The van der Waals surface area contributed by atoms with Gasteiger partial charge in [0.15, 0.2) is 0 Å². The molecule has 5 heteroatoms. The molecule has 0 aliphatic carbocycles. The number of pyridine rings is 1. The Kier molecular flexibility index (Phi) is 5.58. The average Bonchev–Trinajstić information content (AvgIpc) is 3.14. The molecule has 2 heterocycles. The molecule has 0 aliphatic heterocycles. The number of rotatable bonds is 6. The van der Waals surface area contributed by atoms with Crippen LogP contribution in [0.1, 0.15) is 10.4 Å². The summed E-state index contributed by atoms with van der Waals surface area (Å²) in [6, 6.07) is 17.4. The Morgan fingerprint density at radius 2 is 1.96 bits per heavy atom. The first-order valence-corrected chi connectivity index (χ1v) is 8.71. The van der Waals surface area contributed by atoms with Crippen LogP contribution in [0.2, 0.25) is 0 Å². The molecule has 0 fully saturated rings. The number of para-hydroxylation sites is 1. The SMILES string of the molecule is O=C(Nc1ccccc1)N(CCc1cccs1)Cc1cccnc1. The Labute approximate surface area is 145 Å². The van der Waals surface area contributed by atoms with Gasteiger partial charge in [0.05, 0.1) is 0 Å². The van der Waals surface area contributed by atoms with Gasteiger partial charge in [-0.05, 0) is 41.6 Å². The van der Waals surface area contributed by atoms with Gasteiger partial charge in [-0.25, -0.2) is 4.79 Å². The number of hydrogen-bond acceptors (Lipinski definition) is 3. The summed E-state index contributed by atoms with van der Waals surface area (Å²) in [4.78, 5) is 19.9. The number of hydrogen-bond donors (Lipinski definition) is 1. The third kappa shape index (κ3) is 4.67. The van der Waals surface area contributed by atoms with Crippen LogP contribution in [0.25, 0.3) is 0 Å². The van der Waals surface area contributed by atoms with Crippen molar-refractivity contribution in [2.45, 2.75) is 13.0 Å². The molecule has 0 unspecified atom stereocenters. The second kappa shape index (κ2) is 8.26. The summed E-state index contributed by atoms with van der Waals surface area (Å²) in [6.07, 6.45) is 4.39. The summed E-state index contributed by atoms with van der Waals surface area (Å²) >= 11 is 1.72. The lowest BCUT2D eigenvalue weighted by molar-refractivity contribution is 0.210.